The fraction of sp³-hybridized carbons (Fsp3) is 0.409. The maximum absolute atomic E-state index is 13.3. The Hall–Kier alpha value is -3.00. The molecule has 2 N–H and O–H groups in total. The van der Waals surface area contributed by atoms with Crippen molar-refractivity contribution in [2.75, 3.05) is 13.2 Å². The molecule has 1 aromatic heterocycles. The highest BCUT2D eigenvalue weighted by atomic mass is 19.1. The van der Waals surface area contributed by atoms with Gasteiger partial charge in [0, 0.05) is 43.8 Å². The van der Waals surface area contributed by atoms with Gasteiger partial charge in [0.25, 0.3) is 5.56 Å². The molecule has 1 fully saturated rings. The number of nitrogens with one attached hydrogen (secondary N) is 1. The van der Waals surface area contributed by atoms with Gasteiger partial charge in [-0.2, -0.15) is 0 Å². The zero-order chi connectivity index (χ0) is 21.6. The van der Waals surface area contributed by atoms with Gasteiger partial charge in [-0.25, -0.2) is 4.39 Å². The Morgan fingerprint density at radius 2 is 1.90 bits per heavy atom. The lowest BCUT2D eigenvalue weighted by molar-refractivity contribution is -0.134. The van der Waals surface area contributed by atoms with Crippen molar-refractivity contribution in [3.63, 3.8) is 0 Å². The fourth-order valence-electron chi connectivity index (χ4n) is 4.98. The van der Waals surface area contributed by atoms with E-state index in [9.17, 15) is 23.9 Å². The van der Waals surface area contributed by atoms with Crippen LogP contribution in [0.25, 0.3) is 11.1 Å². The average molecular weight is 413 g/mol. The largest absolute Gasteiger partial charge is 0.396 e. The van der Waals surface area contributed by atoms with Gasteiger partial charge in [-0.3, -0.25) is 14.4 Å². The Bertz CT molecular complexity index is 1050. The van der Waals surface area contributed by atoms with Crippen molar-refractivity contribution >= 4 is 11.8 Å². The van der Waals surface area contributed by atoms with Gasteiger partial charge in [-0.1, -0.05) is 12.1 Å². The zero-order valence-corrected chi connectivity index (χ0v) is 16.8. The van der Waals surface area contributed by atoms with Crippen molar-refractivity contribution in [1.29, 1.82) is 0 Å². The number of pyridine rings is 1. The Morgan fingerprint density at radius 1 is 1.20 bits per heavy atom. The highest BCUT2D eigenvalue weighted by Gasteiger charge is 2.56. The molecule has 4 rings (SSSR count). The van der Waals surface area contributed by atoms with Gasteiger partial charge in [0.05, 0.1) is 18.0 Å². The predicted octanol–water partition coefficient (Wildman–Crippen LogP) is 1.30. The van der Waals surface area contributed by atoms with Gasteiger partial charge in [-0.15, -0.1) is 0 Å². The van der Waals surface area contributed by atoms with Crippen LogP contribution in [0.15, 0.2) is 41.2 Å². The van der Waals surface area contributed by atoms with E-state index in [0.29, 0.717) is 23.4 Å². The molecule has 0 saturated carbocycles. The summed E-state index contributed by atoms with van der Waals surface area (Å²) in [6.07, 6.45) is 0. The number of nitrogens with zero attached hydrogens (tertiary/aromatic N) is 2. The van der Waals surface area contributed by atoms with E-state index >= 15 is 0 Å². The van der Waals surface area contributed by atoms with Gasteiger partial charge >= 0.3 is 0 Å². The Balaban J connectivity index is 1.86. The molecule has 30 heavy (non-hydrogen) atoms. The highest BCUT2D eigenvalue weighted by Crippen LogP contribution is 2.48. The topological polar surface area (TPSA) is 91.6 Å². The van der Waals surface area contributed by atoms with Crippen LogP contribution in [0.2, 0.25) is 0 Å². The van der Waals surface area contributed by atoms with E-state index in [2.05, 4.69) is 5.32 Å². The van der Waals surface area contributed by atoms with Crippen LogP contribution in [0, 0.1) is 17.7 Å². The number of amides is 2. The first kappa shape index (κ1) is 20.3. The second-order valence-electron chi connectivity index (χ2n) is 7.80. The van der Waals surface area contributed by atoms with E-state index in [1.807, 2.05) is 6.92 Å². The summed E-state index contributed by atoms with van der Waals surface area (Å²) in [5, 5.41) is 12.9. The van der Waals surface area contributed by atoms with E-state index < -0.39 is 23.9 Å². The Kier molecular flexibility index (Phi) is 5.19. The third-order valence-electron chi connectivity index (χ3n) is 6.22. The molecule has 0 aliphatic carbocycles. The number of rotatable bonds is 4. The molecule has 2 bridgehead atoms. The quantitative estimate of drug-likeness (QED) is 0.791. The number of fused-ring (bicyclic) bond motifs is 4. The molecule has 0 unspecified atom stereocenters. The number of aromatic nitrogens is 1. The van der Waals surface area contributed by atoms with E-state index in [0.717, 1.165) is 0 Å². The van der Waals surface area contributed by atoms with Gasteiger partial charge in [-0.05, 0) is 36.8 Å². The number of aliphatic hydroxyl groups is 1. The minimum atomic E-state index is -0.645. The molecular formula is C22H24FN3O4. The smallest absolute Gasteiger partial charge is 0.258 e. The third-order valence-corrected chi connectivity index (χ3v) is 6.22. The Morgan fingerprint density at radius 3 is 2.50 bits per heavy atom. The predicted molar refractivity (Wildman–Crippen MR) is 108 cm³/mol. The minimum absolute atomic E-state index is 0.195. The van der Waals surface area contributed by atoms with Gasteiger partial charge < -0.3 is 19.9 Å². The third kappa shape index (κ3) is 3.02. The van der Waals surface area contributed by atoms with Crippen molar-refractivity contribution in [3.8, 4) is 11.1 Å². The van der Waals surface area contributed by atoms with Crippen molar-refractivity contribution in [2.24, 2.45) is 11.8 Å². The first-order valence-electron chi connectivity index (χ1n) is 10.1. The SMILES string of the molecule is CCNC(=O)[C@@H]1[C@@H](CO)[C@@H]2Cn3c(ccc(-c4ccc(F)cc4)c3=O)[C@H]1N2C(C)=O. The molecule has 2 aliphatic rings. The number of hydrogen-bond acceptors (Lipinski definition) is 4. The standard InChI is InChI=1S/C22H24FN3O4/c1-3-24-21(29)19-16(11-27)18-10-25-17(20(19)26(18)12(2)28)9-8-15(22(25)30)13-4-6-14(23)7-5-13/h4-9,16,18-20,27H,3,10-11H2,1-2H3,(H,24,29)/t16-,18-,19+,20+/m0/s1. The van der Waals surface area contributed by atoms with E-state index in [-0.39, 0.29) is 36.3 Å². The number of carbonyl (C=O) groups excluding carboxylic acids is 2. The van der Waals surface area contributed by atoms with Crippen LogP contribution in [0.1, 0.15) is 25.6 Å². The molecule has 8 heteroatoms. The second-order valence-corrected chi connectivity index (χ2v) is 7.80. The highest BCUT2D eigenvalue weighted by molar-refractivity contribution is 5.83. The first-order valence-corrected chi connectivity index (χ1v) is 10.1. The molecule has 2 aliphatic heterocycles. The molecular weight excluding hydrogens is 389 g/mol. The van der Waals surface area contributed by atoms with Gasteiger partial charge in [0.2, 0.25) is 11.8 Å². The first-order chi connectivity index (χ1) is 14.4. The van der Waals surface area contributed by atoms with Crippen LogP contribution < -0.4 is 10.9 Å². The van der Waals surface area contributed by atoms with Crippen LogP contribution in [0.5, 0.6) is 0 Å². The number of halogens is 1. The van der Waals surface area contributed by atoms with Crippen LogP contribution >= 0.6 is 0 Å². The molecule has 158 valence electrons. The molecule has 1 aromatic carbocycles. The summed E-state index contributed by atoms with van der Waals surface area (Å²) < 4.78 is 14.9. The molecule has 1 saturated heterocycles. The molecule has 2 amide bonds. The summed E-state index contributed by atoms with van der Waals surface area (Å²) in [6.45, 7) is 3.61. The lowest BCUT2D eigenvalue weighted by atomic mass is 9.86. The minimum Gasteiger partial charge on any atom is -0.396 e. The normalized spacial score (nSPS) is 24.5. The monoisotopic (exact) mass is 413 g/mol. The molecule has 0 radical (unpaired) electrons. The van der Waals surface area contributed by atoms with E-state index in [1.54, 1.807) is 33.7 Å². The summed E-state index contributed by atoms with van der Waals surface area (Å²) in [5.41, 5.74) is 1.33. The molecule has 3 heterocycles. The van der Waals surface area contributed by atoms with Crippen LogP contribution in [0.4, 0.5) is 4.39 Å². The summed E-state index contributed by atoms with van der Waals surface area (Å²) in [5.74, 6) is -1.94. The zero-order valence-electron chi connectivity index (χ0n) is 16.8. The van der Waals surface area contributed by atoms with Crippen molar-refractivity contribution in [2.45, 2.75) is 32.5 Å². The average Bonchev–Trinajstić information content (AvgIpc) is 2.97. The Labute approximate surface area is 173 Å². The van der Waals surface area contributed by atoms with Crippen LogP contribution in [-0.2, 0) is 16.1 Å². The van der Waals surface area contributed by atoms with E-state index in [1.165, 1.54) is 19.1 Å². The number of aliphatic hydroxyl groups excluding tert-OH is 1. The molecule has 2 aromatic rings. The van der Waals surface area contributed by atoms with Crippen LogP contribution in [0.3, 0.4) is 0 Å². The van der Waals surface area contributed by atoms with Crippen molar-refractivity contribution in [3.05, 3.63) is 58.3 Å². The molecule has 4 atom stereocenters. The summed E-state index contributed by atoms with van der Waals surface area (Å²) in [6, 6.07) is 8.02. The maximum Gasteiger partial charge on any atom is 0.258 e. The maximum atomic E-state index is 13.3. The number of carbonyl (C=O) groups is 2. The van der Waals surface area contributed by atoms with E-state index in [4.69, 9.17) is 0 Å². The molecule has 7 nitrogen and oxygen atoms in total. The summed E-state index contributed by atoms with van der Waals surface area (Å²) >= 11 is 0. The van der Waals surface area contributed by atoms with Crippen molar-refractivity contribution in [1.82, 2.24) is 14.8 Å². The second kappa shape index (κ2) is 7.68. The molecule has 0 spiro atoms. The summed E-state index contributed by atoms with van der Waals surface area (Å²) in [4.78, 5) is 40.2. The fourth-order valence-corrected chi connectivity index (χ4v) is 4.98. The van der Waals surface area contributed by atoms with Gasteiger partial charge in [0.1, 0.15) is 5.82 Å². The lowest BCUT2D eigenvalue weighted by Crippen LogP contribution is -2.48. The van der Waals surface area contributed by atoms with Crippen LogP contribution in [-0.4, -0.2) is 45.6 Å². The van der Waals surface area contributed by atoms with Crippen molar-refractivity contribution < 1.29 is 19.1 Å². The number of hydrogen-bond donors (Lipinski definition) is 2. The summed E-state index contributed by atoms with van der Waals surface area (Å²) in [7, 11) is 0. The number of benzene rings is 1. The lowest BCUT2D eigenvalue weighted by Gasteiger charge is -2.37. The van der Waals surface area contributed by atoms with Gasteiger partial charge in [0.15, 0.2) is 0 Å².